The summed E-state index contributed by atoms with van der Waals surface area (Å²) in [4.78, 5) is 22.9. The zero-order chi connectivity index (χ0) is 8.93. The molecule has 0 amide bonds. The van der Waals surface area contributed by atoms with Crippen LogP contribution in [-0.4, -0.2) is 11.6 Å². The molecular weight excluding hydrogens is 152 g/mol. The van der Waals surface area contributed by atoms with Gasteiger partial charge in [0.2, 0.25) is 0 Å². The van der Waals surface area contributed by atoms with Gasteiger partial charge in [0.1, 0.15) is 11.6 Å². The lowest BCUT2D eigenvalue weighted by Gasteiger charge is -2.18. The van der Waals surface area contributed by atoms with Crippen molar-refractivity contribution in [2.45, 2.75) is 33.1 Å². The maximum absolute atomic E-state index is 11.5. The first kappa shape index (κ1) is 7.96. The van der Waals surface area contributed by atoms with Crippen LogP contribution < -0.4 is 0 Å². The third-order valence-electron chi connectivity index (χ3n) is 3.29. The molecule has 0 N–H and O–H groups in total. The van der Waals surface area contributed by atoms with Gasteiger partial charge < -0.3 is 0 Å². The Morgan fingerprint density at radius 1 is 1.33 bits per heavy atom. The lowest BCUT2D eigenvalue weighted by atomic mass is 9.83. The van der Waals surface area contributed by atoms with E-state index in [1.165, 1.54) is 0 Å². The minimum absolute atomic E-state index is 0.0463. The molecule has 1 spiro atoms. The predicted molar refractivity (Wildman–Crippen MR) is 44.6 cm³/mol. The van der Waals surface area contributed by atoms with Crippen LogP contribution in [-0.2, 0) is 9.59 Å². The van der Waals surface area contributed by atoms with E-state index in [0.717, 1.165) is 12.8 Å². The van der Waals surface area contributed by atoms with Gasteiger partial charge >= 0.3 is 0 Å². The van der Waals surface area contributed by atoms with E-state index in [1.807, 2.05) is 13.8 Å². The molecule has 2 aliphatic carbocycles. The third kappa shape index (κ3) is 0.809. The molecule has 2 fully saturated rings. The molecule has 1 unspecified atom stereocenters. The molecule has 0 aromatic heterocycles. The van der Waals surface area contributed by atoms with Gasteiger partial charge in [0.05, 0.1) is 6.42 Å². The fourth-order valence-electron chi connectivity index (χ4n) is 2.66. The maximum Gasteiger partial charge on any atom is 0.147 e. The molecule has 2 heteroatoms. The van der Waals surface area contributed by atoms with Crippen LogP contribution in [0.5, 0.6) is 0 Å². The van der Waals surface area contributed by atoms with Crippen molar-refractivity contribution in [2.75, 3.05) is 0 Å². The lowest BCUT2D eigenvalue weighted by molar-refractivity contribution is -0.123. The first-order chi connectivity index (χ1) is 5.58. The smallest absolute Gasteiger partial charge is 0.147 e. The fraction of sp³-hybridized carbons (Fsp3) is 0.800. The number of carbonyl (C=O) groups excluding carboxylic acids is 2. The van der Waals surface area contributed by atoms with E-state index in [1.54, 1.807) is 0 Å². The molecule has 0 heterocycles. The summed E-state index contributed by atoms with van der Waals surface area (Å²) >= 11 is 0. The quantitative estimate of drug-likeness (QED) is 0.554. The Labute approximate surface area is 72.3 Å². The van der Waals surface area contributed by atoms with Gasteiger partial charge in [-0.2, -0.15) is 0 Å². The van der Waals surface area contributed by atoms with Gasteiger partial charge in [-0.25, -0.2) is 0 Å². The minimum Gasteiger partial charge on any atom is -0.299 e. The Balaban J connectivity index is 2.31. The first-order valence-corrected chi connectivity index (χ1v) is 4.64. The number of hydrogen-bond acceptors (Lipinski definition) is 2. The molecule has 66 valence electrons. The Kier molecular flexibility index (Phi) is 1.45. The van der Waals surface area contributed by atoms with Crippen LogP contribution in [0.1, 0.15) is 33.1 Å². The standard InChI is InChI=1S/C10H14O2/c1-6(2)9-7(11)5-8(12)10(9)3-4-10/h6,9H,3-5H2,1-2H3. The fourth-order valence-corrected chi connectivity index (χ4v) is 2.66. The van der Waals surface area contributed by atoms with E-state index in [9.17, 15) is 9.59 Å². The van der Waals surface area contributed by atoms with Crippen LogP contribution in [0.2, 0.25) is 0 Å². The average Bonchev–Trinajstić information content (AvgIpc) is 2.63. The van der Waals surface area contributed by atoms with E-state index in [4.69, 9.17) is 0 Å². The zero-order valence-corrected chi connectivity index (χ0v) is 7.59. The molecule has 1 atom stereocenters. The van der Waals surface area contributed by atoms with Gasteiger partial charge in [-0.1, -0.05) is 13.8 Å². The van der Waals surface area contributed by atoms with Crippen LogP contribution in [0.4, 0.5) is 0 Å². The molecule has 0 aliphatic heterocycles. The van der Waals surface area contributed by atoms with E-state index in [0.29, 0.717) is 5.92 Å². The summed E-state index contributed by atoms with van der Waals surface area (Å²) in [6.45, 7) is 4.09. The number of ketones is 2. The molecular formula is C10H14O2. The van der Waals surface area contributed by atoms with Crippen LogP contribution in [0.25, 0.3) is 0 Å². The van der Waals surface area contributed by atoms with Gasteiger partial charge in [0, 0.05) is 11.3 Å². The highest BCUT2D eigenvalue weighted by Gasteiger charge is 2.62. The van der Waals surface area contributed by atoms with E-state index < -0.39 is 0 Å². The zero-order valence-electron chi connectivity index (χ0n) is 7.59. The molecule has 0 radical (unpaired) electrons. The molecule has 2 rings (SSSR count). The summed E-state index contributed by atoms with van der Waals surface area (Å²) in [5.74, 6) is 0.787. The number of Topliss-reactive ketones (excluding diaryl/α,β-unsaturated/α-hetero) is 2. The highest BCUT2D eigenvalue weighted by atomic mass is 16.2. The Morgan fingerprint density at radius 2 is 1.92 bits per heavy atom. The number of rotatable bonds is 1. The molecule has 2 nitrogen and oxygen atoms in total. The lowest BCUT2D eigenvalue weighted by Crippen LogP contribution is -2.24. The summed E-state index contributed by atoms with van der Waals surface area (Å²) in [6.07, 6.45) is 2.13. The van der Waals surface area contributed by atoms with Gasteiger partial charge in [-0.15, -0.1) is 0 Å². The summed E-state index contributed by atoms with van der Waals surface area (Å²) in [6, 6.07) is 0. The van der Waals surface area contributed by atoms with E-state index >= 15 is 0 Å². The molecule has 12 heavy (non-hydrogen) atoms. The maximum atomic E-state index is 11.5. The molecule has 2 saturated carbocycles. The van der Waals surface area contributed by atoms with Gasteiger partial charge in [0.25, 0.3) is 0 Å². The topological polar surface area (TPSA) is 34.1 Å². The van der Waals surface area contributed by atoms with E-state index in [2.05, 4.69) is 0 Å². The molecule has 0 saturated heterocycles. The molecule has 0 bridgehead atoms. The first-order valence-electron chi connectivity index (χ1n) is 4.64. The van der Waals surface area contributed by atoms with Crippen molar-refractivity contribution in [3.8, 4) is 0 Å². The van der Waals surface area contributed by atoms with Crippen molar-refractivity contribution < 1.29 is 9.59 Å². The van der Waals surface area contributed by atoms with Gasteiger partial charge in [0.15, 0.2) is 0 Å². The third-order valence-corrected chi connectivity index (χ3v) is 3.29. The van der Waals surface area contributed by atoms with Crippen LogP contribution in [0, 0.1) is 17.3 Å². The van der Waals surface area contributed by atoms with Gasteiger partial charge in [-0.3, -0.25) is 9.59 Å². The highest BCUT2D eigenvalue weighted by Crippen LogP contribution is 2.59. The second-order valence-corrected chi connectivity index (χ2v) is 4.44. The van der Waals surface area contributed by atoms with Crippen LogP contribution >= 0.6 is 0 Å². The van der Waals surface area contributed by atoms with Crippen molar-refractivity contribution >= 4 is 11.6 Å². The molecule has 0 aromatic rings. The van der Waals surface area contributed by atoms with Crippen molar-refractivity contribution in [1.29, 1.82) is 0 Å². The number of hydrogen-bond donors (Lipinski definition) is 0. The highest BCUT2D eigenvalue weighted by molar-refractivity contribution is 6.12. The molecule has 0 aromatic carbocycles. The van der Waals surface area contributed by atoms with Crippen molar-refractivity contribution in [3.05, 3.63) is 0 Å². The van der Waals surface area contributed by atoms with Crippen molar-refractivity contribution in [1.82, 2.24) is 0 Å². The largest absolute Gasteiger partial charge is 0.299 e. The monoisotopic (exact) mass is 166 g/mol. The Morgan fingerprint density at radius 3 is 2.25 bits per heavy atom. The SMILES string of the molecule is CC(C)C1C(=O)CC(=O)C12CC2. The van der Waals surface area contributed by atoms with Crippen LogP contribution in [0.15, 0.2) is 0 Å². The van der Waals surface area contributed by atoms with Crippen molar-refractivity contribution in [2.24, 2.45) is 17.3 Å². The Hall–Kier alpha value is -0.660. The summed E-state index contributed by atoms with van der Waals surface area (Å²) in [5, 5.41) is 0. The summed E-state index contributed by atoms with van der Waals surface area (Å²) < 4.78 is 0. The molecule has 2 aliphatic rings. The second-order valence-electron chi connectivity index (χ2n) is 4.44. The predicted octanol–water partition coefficient (Wildman–Crippen LogP) is 1.58. The van der Waals surface area contributed by atoms with Gasteiger partial charge in [-0.05, 0) is 18.8 Å². The summed E-state index contributed by atoms with van der Waals surface area (Å²) in [5.41, 5.74) is -0.175. The normalized spacial score (nSPS) is 32.1. The second kappa shape index (κ2) is 2.18. The summed E-state index contributed by atoms with van der Waals surface area (Å²) in [7, 11) is 0. The van der Waals surface area contributed by atoms with E-state index in [-0.39, 0.29) is 29.3 Å². The minimum atomic E-state index is -0.175. The van der Waals surface area contributed by atoms with Crippen LogP contribution in [0.3, 0.4) is 0 Å². The van der Waals surface area contributed by atoms with Crippen molar-refractivity contribution in [3.63, 3.8) is 0 Å². The Bertz CT molecular complexity index is 249. The average molecular weight is 166 g/mol. The number of carbonyl (C=O) groups is 2.